The molecule has 1 aliphatic heterocycles. The summed E-state index contributed by atoms with van der Waals surface area (Å²) in [5, 5.41) is 3.96. The maximum atomic E-state index is 12.7. The number of amides is 1. The average Bonchev–Trinajstić information content (AvgIpc) is 2.65. The number of hydrogen-bond donors (Lipinski definition) is 1. The maximum absolute atomic E-state index is 12.7. The minimum atomic E-state index is -3.50. The first-order valence-corrected chi connectivity index (χ1v) is 11.3. The van der Waals surface area contributed by atoms with Gasteiger partial charge in [-0.15, -0.1) is 0 Å². The van der Waals surface area contributed by atoms with Gasteiger partial charge in [-0.3, -0.25) is 4.79 Å². The molecule has 1 saturated heterocycles. The molecule has 2 aromatic carbocycles. The van der Waals surface area contributed by atoms with Crippen LogP contribution >= 0.6 is 23.2 Å². The topological polar surface area (TPSA) is 66.5 Å². The van der Waals surface area contributed by atoms with Crippen LogP contribution in [0, 0.1) is 6.92 Å². The van der Waals surface area contributed by atoms with E-state index in [0.29, 0.717) is 46.4 Å². The van der Waals surface area contributed by atoms with E-state index in [4.69, 9.17) is 23.2 Å². The van der Waals surface area contributed by atoms with E-state index in [0.717, 1.165) is 5.56 Å². The van der Waals surface area contributed by atoms with Gasteiger partial charge in [0.05, 0.1) is 11.3 Å². The lowest BCUT2D eigenvalue weighted by Gasteiger charge is -2.31. The van der Waals surface area contributed by atoms with E-state index in [1.807, 2.05) is 6.92 Å². The van der Waals surface area contributed by atoms with Gasteiger partial charge in [-0.2, -0.15) is 4.31 Å². The zero-order valence-electron chi connectivity index (χ0n) is 15.5. The second kappa shape index (κ2) is 8.82. The van der Waals surface area contributed by atoms with Crippen LogP contribution in [0.3, 0.4) is 0 Å². The van der Waals surface area contributed by atoms with Gasteiger partial charge in [0.25, 0.3) is 0 Å². The molecule has 0 spiro atoms. The molecular formula is C20H22Cl2N2O3S. The van der Waals surface area contributed by atoms with Crippen LogP contribution in [0.1, 0.15) is 24.0 Å². The summed E-state index contributed by atoms with van der Waals surface area (Å²) in [6.45, 7) is 2.67. The second-order valence-electron chi connectivity index (χ2n) is 6.97. The molecular weight excluding hydrogens is 419 g/mol. The van der Waals surface area contributed by atoms with Gasteiger partial charge in [-0.05, 0) is 49.6 Å². The average molecular weight is 441 g/mol. The quantitative estimate of drug-likeness (QED) is 0.768. The summed E-state index contributed by atoms with van der Waals surface area (Å²) in [6, 6.07) is 11.8. The van der Waals surface area contributed by atoms with Crippen molar-refractivity contribution < 1.29 is 13.2 Å². The number of nitrogens with one attached hydrogen (secondary N) is 1. The van der Waals surface area contributed by atoms with Crippen molar-refractivity contribution in [3.8, 4) is 0 Å². The highest BCUT2D eigenvalue weighted by molar-refractivity contribution is 7.89. The van der Waals surface area contributed by atoms with E-state index in [1.54, 1.807) is 42.5 Å². The molecule has 1 amide bonds. The van der Waals surface area contributed by atoms with E-state index in [9.17, 15) is 13.2 Å². The van der Waals surface area contributed by atoms with E-state index < -0.39 is 10.0 Å². The molecule has 150 valence electrons. The number of aryl methyl sites for hydroxylation is 1. The third-order valence-electron chi connectivity index (χ3n) is 4.84. The van der Waals surface area contributed by atoms with Crippen molar-refractivity contribution in [2.75, 3.05) is 13.1 Å². The smallest absolute Gasteiger partial charge is 0.243 e. The molecule has 1 fully saturated rings. The first-order chi connectivity index (χ1) is 13.3. The second-order valence-corrected chi connectivity index (χ2v) is 9.75. The fourth-order valence-corrected chi connectivity index (χ4v) is 5.16. The predicted octanol–water partition coefficient (Wildman–Crippen LogP) is 3.81. The van der Waals surface area contributed by atoms with E-state index in [1.165, 1.54) is 4.31 Å². The Morgan fingerprint density at radius 2 is 1.75 bits per heavy atom. The number of hydrogen-bond acceptors (Lipinski definition) is 3. The van der Waals surface area contributed by atoms with Crippen LogP contribution in [0.15, 0.2) is 47.4 Å². The highest BCUT2D eigenvalue weighted by Crippen LogP contribution is 2.23. The molecule has 0 bridgehead atoms. The number of piperidine rings is 1. The molecule has 0 saturated carbocycles. The van der Waals surface area contributed by atoms with Crippen LogP contribution in [-0.2, 0) is 21.2 Å². The normalized spacial score (nSPS) is 16.1. The largest absolute Gasteiger partial charge is 0.353 e. The Hall–Kier alpha value is -1.60. The van der Waals surface area contributed by atoms with Gasteiger partial charge < -0.3 is 5.32 Å². The SMILES string of the molecule is Cc1ccc(S(=O)(=O)N2CCC(NC(=O)Cc3ccc(Cl)cc3Cl)CC2)cc1. The fourth-order valence-electron chi connectivity index (χ4n) is 3.22. The predicted molar refractivity (Wildman–Crippen MR) is 111 cm³/mol. The highest BCUT2D eigenvalue weighted by Gasteiger charge is 2.29. The number of benzene rings is 2. The minimum absolute atomic E-state index is 0.0527. The molecule has 0 aliphatic carbocycles. The van der Waals surface area contributed by atoms with Gasteiger partial charge in [-0.25, -0.2) is 8.42 Å². The Balaban J connectivity index is 1.55. The molecule has 0 radical (unpaired) electrons. The summed E-state index contributed by atoms with van der Waals surface area (Å²) in [7, 11) is -3.50. The molecule has 1 N–H and O–H groups in total. The lowest BCUT2D eigenvalue weighted by molar-refractivity contribution is -0.121. The van der Waals surface area contributed by atoms with Crippen molar-refractivity contribution in [2.45, 2.75) is 37.1 Å². The van der Waals surface area contributed by atoms with Crippen LogP contribution in [0.5, 0.6) is 0 Å². The van der Waals surface area contributed by atoms with Gasteiger partial charge in [0, 0.05) is 29.2 Å². The highest BCUT2D eigenvalue weighted by atomic mass is 35.5. The van der Waals surface area contributed by atoms with E-state index in [2.05, 4.69) is 5.32 Å². The molecule has 5 nitrogen and oxygen atoms in total. The molecule has 1 heterocycles. The third-order valence-corrected chi connectivity index (χ3v) is 7.34. The number of carbonyl (C=O) groups is 1. The first kappa shape index (κ1) is 21.1. The number of carbonyl (C=O) groups excluding carboxylic acids is 1. The summed E-state index contributed by atoms with van der Waals surface area (Å²) in [4.78, 5) is 12.6. The maximum Gasteiger partial charge on any atom is 0.243 e. The zero-order valence-corrected chi connectivity index (χ0v) is 17.8. The molecule has 28 heavy (non-hydrogen) atoms. The van der Waals surface area contributed by atoms with Gasteiger partial charge in [-0.1, -0.05) is 47.0 Å². The Morgan fingerprint density at radius 1 is 1.11 bits per heavy atom. The first-order valence-electron chi connectivity index (χ1n) is 9.06. The molecule has 3 rings (SSSR count). The molecule has 2 aromatic rings. The summed E-state index contributed by atoms with van der Waals surface area (Å²) >= 11 is 12.0. The molecule has 8 heteroatoms. The number of nitrogens with zero attached hydrogens (tertiary/aromatic N) is 1. The number of rotatable bonds is 5. The van der Waals surface area contributed by atoms with Gasteiger partial charge >= 0.3 is 0 Å². The lowest BCUT2D eigenvalue weighted by atomic mass is 10.1. The molecule has 0 atom stereocenters. The van der Waals surface area contributed by atoms with Gasteiger partial charge in [0.1, 0.15) is 0 Å². The summed E-state index contributed by atoms with van der Waals surface area (Å²) in [6.07, 6.45) is 1.31. The van der Waals surface area contributed by atoms with Crippen molar-refractivity contribution in [1.82, 2.24) is 9.62 Å². The van der Waals surface area contributed by atoms with Crippen molar-refractivity contribution in [3.63, 3.8) is 0 Å². The lowest BCUT2D eigenvalue weighted by Crippen LogP contribution is -2.46. The summed E-state index contributed by atoms with van der Waals surface area (Å²) in [5.74, 6) is -0.135. The van der Waals surface area contributed by atoms with Crippen LogP contribution in [-0.4, -0.2) is 37.8 Å². The van der Waals surface area contributed by atoms with Crippen LogP contribution in [0.2, 0.25) is 10.0 Å². The number of halogens is 2. The third kappa shape index (κ3) is 5.06. The number of sulfonamides is 1. The van der Waals surface area contributed by atoms with E-state index >= 15 is 0 Å². The monoisotopic (exact) mass is 440 g/mol. The molecule has 0 unspecified atom stereocenters. The van der Waals surface area contributed by atoms with Crippen molar-refractivity contribution in [3.05, 3.63) is 63.6 Å². The summed E-state index contributed by atoms with van der Waals surface area (Å²) < 4.78 is 27.0. The standard InChI is InChI=1S/C20H22Cl2N2O3S/c1-14-2-6-18(7-3-14)28(26,27)24-10-8-17(9-11-24)23-20(25)12-15-4-5-16(21)13-19(15)22/h2-7,13,17H,8-12H2,1H3,(H,23,25). The Bertz CT molecular complexity index is 954. The minimum Gasteiger partial charge on any atom is -0.353 e. The van der Waals surface area contributed by atoms with Gasteiger partial charge in [0.15, 0.2) is 0 Å². The van der Waals surface area contributed by atoms with Crippen LogP contribution in [0.25, 0.3) is 0 Å². The van der Waals surface area contributed by atoms with Crippen molar-refractivity contribution >= 4 is 39.1 Å². The summed E-state index contributed by atoms with van der Waals surface area (Å²) in [5.41, 5.74) is 1.73. The van der Waals surface area contributed by atoms with Crippen molar-refractivity contribution in [2.24, 2.45) is 0 Å². The van der Waals surface area contributed by atoms with Crippen LogP contribution in [0.4, 0.5) is 0 Å². The van der Waals surface area contributed by atoms with Crippen LogP contribution < -0.4 is 5.32 Å². The Morgan fingerprint density at radius 3 is 2.36 bits per heavy atom. The Labute approximate surface area is 175 Å². The molecule has 0 aromatic heterocycles. The Kier molecular flexibility index (Phi) is 6.65. The zero-order chi connectivity index (χ0) is 20.3. The van der Waals surface area contributed by atoms with E-state index in [-0.39, 0.29) is 18.4 Å². The van der Waals surface area contributed by atoms with Crippen molar-refractivity contribution in [1.29, 1.82) is 0 Å². The van der Waals surface area contributed by atoms with Gasteiger partial charge in [0.2, 0.25) is 15.9 Å². The molecule has 1 aliphatic rings. The fraction of sp³-hybridized carbons (Fsp3) is 0.350.